The minimum Gasteiger partial charge on any atom is -0.455 e. The van der Waals surface area contributed by atoms with Crippen molar-refractivity contribution in [2.24, 2.45) is 0 Å². The maximum Gasteiger partial charge on any atom is 0.143 e. The van der Waals surface area contributed by atoms with Crippen LogP contribution in [0.1, 0.15) is 0 Å². The summed E-state index contributed by atoms with van der Waals surface area (Å²) >= 11 is 0. The lowest BCUT2D eigenvalue weighted by Gasteiger charge is -2.26. The Morgan fingerprint density at radius 2 is 0.860 bits per heavy atom. The Bertz CT molecular complexity index is 2570. The molecule has 0 fully saturated rings. The molecular formula is C48H33NO. The quantitative estimate of drug-likeness (QED) is 0.173. The molecule has 0 saturated carbocycles. The van der Waals surface area contributed by atoms with Gasteiger partial charge in [-0.1, -0.05) is 152 Å². The molecule has 9 aromatic rings. The number of para-hydroxylation sites is 1. The second-order valence-corrected chi connectivity index (χ2v) is 12.6. The molecule has 0 spiro atoms. The molecule has 0 atom stereocenters. The summed E-state index contributed by atoms with van der Waals surface area (Å²) in [5.74, 6) is 0.866. The Labute approximate surface area is 292 Å². The molecule has 0 aliphatic heterocycles. The second-order valence-electron chi connectivity index (χ2n) is 12.6. The fourth-order valence-corrected chi connectivity index (χ4v) is 6.98. The van der Waals surface area contributed by atoms with Crippen LogP contribution in [0.15, 0.2) is 205 Å². The summed E-state index contributed by atoms with van der Waals surface area (Å²) in [6.07, 6.45) is 0. The Balaban J connectivity index is 1.16. The van der Waals surface area contributed by atoms with E-state index in [2.05, 4.69) is 193 Å². The fraction of sp³-hybridized carbons (Fsp3) is 0. The predicted molar refractivity (Wildman–Crippen MR) is 210 cm³/mol. The van der Waals surface area contributed by atoms with Gasteiger partial charge in [-0.3, -0.25) is 0 Å². The standard InChI is InChI=1S/C48H33NO/c1-3-12-34(13-4-1)36-24-28-42(29-25-36)49(43-30-26-37(27-31-43)40-23-22-35-14-7-8-17-39(35)32-40)44-19-11-18-41(33-44)48-47(38-15-5-2-6-16-38)45-20-9-10-21-46(45)50-48/h1-33H. The van der Waals surface area contributed by atoms with Crippen molar-refractivity contribution in [2.75, 3.05) is 4.90 Å². The first-order chi connectivity index (χ1) is 24.8. The van der Waals surface area contributed by atoms with Gasteiger partial charge in [0.1, 0.15) is 11.3 Å². The zero-order chi connectivity index (χ0) is 33.3. The van der Waals surface area contributed by atoms with E-state index < -0.39 is 0 Å². The summed E-state index contributed by atoms with van der Waals surface area (Å²) in [4.78, 5) is 2.33. The summed E-state index contributed by atoms with van der Waals surface area (Å²) < 4.78 is 6.63. The normalized spacial score (nSPS) is 11.2. The molecule has 0 N–H and O–H groups in total. The number of hydrogen-bond acceptors (Lipinski definition) is 2. The van der Waals surface area contributed by atoms with Crippen molar-refractivity contribution in [1.82, 2.24) is 0 Å². The molecular weight excluding hydrogens is 607 g/mol. The van der Waals surface area contributed by atoms with Gasteiger partial charge in [-0.2, -0.15) is 0 Å². The van der Waals surface area contributed by atoms with Crippen molar-refractivity contribution in [3.63, 3.8) is 0 Å². The summed E-state index contributed by atoms with van der Waals surface area (Å²) in [5, 5.41) is 3.60. The molecule has 0 amide bonds. The lowest BCUT2D eigenvalue weighted by Crippen LogP contribution is -2.10. The van der Waals surface area contributed by atoms with Crippen LogP contribution in [0.5, 0.6) is 0 Å². The highest BCUT2D eigenvalue weighted by molar-refractivity contribution is 6.02. The molecule has 1 aromatic heterocycles. The molecule has 236 valence electrons. The Hall–Kier alpha value is -6.64. The largest absolute Gasteiger partial charge is 0.455 e. The second kappa shape index (κ2) is 12.8. The van der Waals surface area contributed by atoms with Gasteiger partial charge in [-0.25, -0.2) is 0 Å². The van der Waals surface area contributed by atoms with Gasteiger partial charge in [-0.15, -0.1) is 0 Å². The van der Waals surface area contributed by atoms with E-state index in [0.717, 1.165) is 50.5 Å². The van der Waals surface area contributed by atoms with Crippen LogP contribution in [0, 0.1) is 0 Å². The summed E-state index contributed by atoms with van der Waals surface area (Å²) in [6, 6.07) is 71.0. The first-order valence-electron chi connectivity index (χ1n) is 17.0. The zero-order valence-corrected chi connectivity index (χ0v) is 27.4. The molecule has 9 rings (SSSR count). The summed E-state index contributed by atoms with van der Waals surface area (Å²) in [7, 11) is 0. The molecule has 0 bridgehead atoms. The first kappa shape index (κ1) is 29.5. The van der Waals surface area contributed by atoms with Crippen molar-refractivity contribution in [3.05, 3.63) is 200 Å². The van der Waals surface area contributed by atoms with Crippen molar-refractivity contribution >= 4 is 38.8 Å². The van der Waals surface area contributed by atoms with E-state index in [9.17, 15) is 0 Å². The van der Waals surface area contributed by atoms with Crippen molar-refractivity contribution < 1.29 is 4.42 Å². The van der Waals surface area contributed by atoms with Gasteiger partial charge < -0.3 is 9.32 Å². The minimum atomic E-state index is 0.866. The molecule has 50 heavy (non-hydrogen) atoms. The third-order valence-electron chi connectivity index (χ3n) is 9.47. The van der Waals surface area contributed by atoms with Crippen molar-refractivity contribution in [3.8, 4) is 44.7 Å². The third-order valence-corrected chi connectivity index (χ3v) is 9.47. The van der Waals surface area contributed by atoms with Gasteiger partial charge in [0.05, 0.1) is 0 Å². The van der Waals surface area contributed by atoms with Gasteiger partial charge in [0.25, 0.3) is 0 Å². The lowest BCUT2D eigenvalue weighted by atomic mass is 9.98. The first-order valence-corrected chi connectivity index (χ1v) is 17.0. The number of furan rings is 1. The van der Waals surface area contributed by atoms with E-state index in [1.165, 1.54) is 33.0 Å². The van der Waals surface area contributed by atoms with E-state index in [4.69, 9.17) is 4.42 Å². The van der Waals surface area contributed by atoms with Gasteiger partial charge >= 0.3 is 0 Å². The summed E-state index contributed by atoms with van der Waals surface area (Å²) in [6.45, 7) is 0. The van der Waals surface area contributed by atoms with Crippen LogP contribution in [0.2, 0.25) is 0 Å². The van der Waals surface area contributed by atoms with Gasteiger partial charge in [0.2, 0.25) is 0 Å². The molecule has 0 radical (unpaired) electrons. The van der Waals surface area contributed by atoms with Gasteiger partial charge in [0.15, 0.2) is 0 Å². The molecule has 1 heterocycles. The molecule has 2 heteroatoms. The number of nitrogens with zero attached hydrogens (tertiary/aromatic N) is 1. The van der Waals surface area contributed by atoms with Crippen molar-refractivity contribution in [2.45, 2.75) is 0 Å². The Morgan fingerprint density at radius 3 is 1.58 bits per heavy atom. The Kier molecular flexibility index (Phi) is 7.53. The topological polar surface area (TPSA) is 16.4 Å². The molecule has 2 nitrogen and oxygen atoms in total. The van der Waals surface area contributed by atoms with E-state index in [1.807, 2.05) is 12.1 Å². The highest BCUT2D eigenvalue weighted by Gasteiger charge is 2.20. The monoisotopic (exact) mass is 639 g/mol. The molecule has 0 aliphatic carbocycles. The average molecular weight is 640 g/mol. The highest BCUT2D eigenvalue weighted by atomic mass is 16.3. The maximum atomic E-state index is 6.63. The number of anilines is 3. The molecule has 0 aliphatic rings. The van der Waals surface area contributed by atoms with Crippen LogP contribution < -0.4 is 4.90 Å². The van der Waals surface area contributed by atoms with Crippen LogP contribution in [-0.4, -0.2) is 0 Å². The highest BCUT2D eigenvalue weighted by Crippen LogP contribution is 2.43. The van der Waals surface area contributed by atoms with Crippen LogP contribution in [-0.2, 0) is 0 Å². The zero-order valence-electron chi connectivity index (χ0n) is 27.4. The van der Waals surface area contributed by atoms with Crippen LogP contribution in [0.25, 0.3) is 66.4 Å². The van der Waals surface area contributed by atoms with E-state index >= 15 is 0 Å². The molecule has 8 aromatic carbocycles. The molecule has 0 saturated heterocycles. The van der Waals surface area contributed by atoms with E-state index in [1.54, 1.807) is 0 Å². The average Bonchev–Trinajstić information content (AvgIpc) is 3.59. The maximum absolute atomic E-state index is 6.63. The van der Waals surface area contributed by atoms with Crippen LogP contribution in [0.3, 0.4) is 0 Å². The predicted octanol–water partition coefficient (Wildman–Crippen LogP) is 13.7. The lowest BCUT2D eigenvalue weighted by molar-refractivity contribution is 0.632. The van der Waals surface area contributed by atoms with Crippen molar-refractivity contribution in [1.29, 1.82) is 0 Å². The smallest absolute Gasteiger partial charge is 0.143 e. The Morgan fingerprint density at radius 1 is 0.320 bits per heavy atom. The van der Waals surface area contributed by atoms with Gasteiger partial charge in [0, 0.05) is 33.6 Å². The van der Waals surface area contributed by atoms with E-state index in [-0.39, 0.29) is 0 Å². The van der Waals surface area contributed by atoms with E-state index in [0.29, 0.717) is 0 Å². The minimum absolute atomic E-state index is 0.866. The number of benzene rings is 8. The summed E-state index contributed by atoms with van der Waals surface area (Å²) in [5.41, 5.74) is 12.1. The van der Waals surface area contributed by atoms with Gasteiger partial charge in [-0.05, 0) is 87.1 Å². The number of rotatable bonds is 7. The SMILES string of the molecule is c1ccc(-c2ccc(N(c3ccc(-c4ccc5ccccc5c4)cc3)c3cccc(-c4oc5ccccc5c4-c4ccccc4)c3)cc2)cc1. The number of hydrogen-bond donors (Lipinski definition) is 0. The number of fused-ring (bicyclic) bond motifs is 2. The van der Waals surface area contributed by atoms with Crippen LogP contribution in [0.4, 0.5) is 17.1 Å². The van der Waals surface area contributed by atoms with Crippen LogP contribution >= 0.6 is 0 Å². The molecule has 0 unspecified atom stereocenters. The fourth-order valence-electron chi connectivity index (χ4n) is 6.98. The third kappa shape index (κ3) is 5.53.